The summed E-state index contributed by atoms with van der Waals surface area (Å²) in [6.07, 6.45) is -0.621. The number of aliphatic hydroxyl groups is 4. The van der Waals surface area contributed by atoms with Crippen molar-refractivity contribution in [2.24, 2.45) is 0 Å². The first kappa shape index (κ1) is 50.6. The SMILES string of the molecule is CC(C)(O)C(=O)c1ccc(C(OC(=O)NCCCCCCNC(=O)OC(c2ccc(C(=O)C(C)(C)O)cc2)c2ccc(C(=O)C(C)(C)O)cc2)c2ccc(C(=O)C(C)(C)O)cc2)cc1. The molecular weight excluding hydrogens is 821 g/mol. The van der Waals surface area contributed by atoms with Crippen LogP contribution in [-0.2, 0) is 9.47 Å². The van der Waals surface area contributed by atoms with Crippen LogP contribution in [0.2, 0.25) is 0 Å². The average molecular weight is 881 g/mol. The maximum Gasteiger partial charge on any atom is 0.408 e. The van der Waals surface area contributed by atoms with E-state index in [0.717, 1.165) is 0 Å². The molecule has 14 heteroatoms. The Kier molecular flexibility index (Phi) is 16.7. The zero-order valence-electron chi connectivity index (χ0n) is 37.7. The zero-order chi connectivity index (χ0) is 47.6. The molecule has 0 aliphatic rings. The second-order valence-corrected chi connectivity index (χ2v) is 17.9. The highest BCUT2D eigenvalue weighted by molar-refractivity contribution is 6.03. The van der Waals surface area contributed by atoms with E-state index >= 15 is 0 Å². The van der Waals surface area contributed by atoms with Gasteiger partial charge < -0.3 is 40.5 Å². The van der Waals surface area contributed by atoms with Crippen LogP contribution >= 0.6 is 0 Å². The molecule has 4 aromatic rings. The van der Waals surface area contributed by atoms with Crippen LogP contribution in [0.4, 0.5) is 9.59 Å². The van der Waals surface area contributed by atoms with Crippen molar-refractivity contribution in [3.8, 4) is 0 Å². The van der Waals surface area contributed by atoms with Crippen LogP contribution in [0.15, 0.2) is 97.1 Å². The van der Waals surface area contributed by atoms with Gasteiger partial charge in [-0.15, -0.1) is 0 Å². The van der Waals surface area contributed by atoms with Crippen molar-refractivity contribution in [3.63, 3.8) is 0 Å². The van der Waals surface area contributed by atoms with E-state index in [9.17, 15) is 49.2 Å². The van der Waals surface area contributed by atoms with E-state index in [0.29, 0.717) is 61.0 Å². The number of ether oxygens (including phenoxy) is 2. The van der Waals surface area contributed by atoms with Crippen molar-refractivity contribution in [3.05, 3.63) is 142 Å². The fraction of sp³-hybridized carbons (Fsp3) is 0.400. The first-order valence-electron chi connectivity index (χ1n) is 21.1. The van der Waals surface area contributed by atoms with E-state index in [4.69, 9.17) is 9.47 Å². The van der Waals surface area contributed by atoms with E-state index in [1.165, 1.54) is 104 Å². The lowest BCUT2D eigenvalue weighted by molar-refractivity contribution is 0.0487. The van der Waals surface area contributed by atoms with E-state index in [1.54, 1.807) is 48.5 Å². The second-order valence-electron chi connectivity index (χ2n) is 17.9. The summed E-state index contributed by atoms with van der Waals surface area (Å²) in [6, 6.07) is 25.3. The minimum Gasteiger partial charge on any atom is -0.436 e. The minimum absolute atomic E-state index is 0.275. The molecule has 0 heterocycles. The van der Waals surface area contributed by atoms with Crippen LogP contribution in [0.3, 0.4) is 0 Å². The number of carbonyl (C=O) groups is 6. The summed E-state index contributed by atoms with van der Waals surface area (Å²) in [4.78, 5) is 76.6. The number of amides is 2. The largest absolute Gasteiger partial charge is 0.436 e. The van der Waals surface area contributed by atoms with Crippen LogP contribution < -0.4 is 10.6 Å². The lowest BCUT2D eigenvalue weighted by atomic mass is 9.92. The fourth-order valence-corrected chi connectivity index (χ4v) is 6.59. The minimum atomic E-state index is -1.58. The van der Waals surface area contributed by atoms with Crippen LogP contribution in [0.1, 0.15) is 157 Å². The summed E-state index contributed by atoms with van der Waals surface area (Å²) in [5.74, 6) is -1.90. The quantitative estimate of drug-likeness (QED) is 0.0356. The maximum atomic E-state index is 13.1. The predicted octanol–water partition coefficient (Wildman–Crippen LogP) is 7.39. The Morgan fingerprint density at radius 1 is 0.391 bits per heavy atom. The van der Waals surface area contributed by atoms with E-state index in [2.05, 4.69) is 10.6 Å². The highest BCUT2D eigenvalue weighted by Gasteiger charge is 2.30. The number of alkyl carbamates (subject to hydrolysis) is 2. The Bertz CT molecular complexity index is 1950. The van der Waals surface area contributed by atoms with Gasteiger partial charge in [-0.05, 0) is 90.5 Å². The Morgan fingerprint density at radius 3 is 0.781 bits per heavy atom. The number of Topliss-reactive ketones (excluding diaryl/α,β-unsaturated/α-hetero) is 4. The molecule has 6 N–H and O–H groups in total. The molecule has 2 amide bonds. The van der Waals surface area contributed by atoms with Gasteiger partial charge in [0.1, 0.15) is 22.4 Å². The molecule has 0 aliphatic carbocycles. The molecule has 342 valence electrons. The van der Waals surface area contributed by atoms with Crippen LogP contribution in [0, 0.1) is 0 Å². The predicted molar refractivity (Wildman–Crippen MR) is 239 cm³/mol. The monoisotopic (exact) mass is 880 g/mol. The summed E-state index contributed by atoms with van der Waals surface area (Å²) in [5, 5.41) is 46.2. The number of benzene rings is 4. The first-order valence-corrected chi connectivity index (χ1v) is 21.1. The molecule has 0 aliphatic heterocycles. The lowest BCUT2D eigenvalue weighted by Crippen LogP contribution is -2.31. The number of ketones is 4. The van der Waals surface area contributed by atoms with E-state index < -0.39 is 69.9 Å². The lowest BCUT2D eigenvalue weighted by Gasteiger charge is -2.21. The van der Waals surface area contributed by atoms with E-state index in [1.807, 2.05) is 0 Å². The first-order chi connectivity index (χ1) is 29.8. The average Bonchev–Trinajstić information content (AvgIpc) is 3.23. The topological polar surface area (TPSA) is 226 Å². The Morgan fingerprint density at radius 2 is 0.594 bits per heavy atom. The normalized spacial score (nSPS) is 12.2. The number of carbonyl (C=O) groups excluding carboxylic acids is 6. The molecule has 4 aromatic carbocycles. The molecule has 0 spiro atoms. The summed E-state index contributed by atoms with van der Waals surface area (Å²) < 4.78 is 11.7. The van der Waals surface area contributed by atoms with Gasteiger partial charge in [-0.25, -0.2) is 9.59 Å². The Labute approximate surface area is 374 Å². The van der Waals surface area contributed by atoms with Gasteiger partial charge in [0, 0.05) is 35.3 Å². The van der Waals surface area contributed by atoms with Gasteiger partial charge >= 0.3 is 12.2 Å². The molecule has 0 bridgehead atoms. The molecule has 0 saturated carbocycles. The van der Waals surface area contributed by atoms with Crippen molar-refractivity contribution in [2.75, 3.05) is 13.1 Å². The molecule has 0 fully saturated rings. The van der Waals surface area contributed by atoms with Crippen molar-refractivity contribution >= 4 is 35.3 Å². The molecule has 0 unspecified atom stereocenters. The molecule has 14 nitrogen and oxygen atoms in total. The van der Waals surface area contributed by atoms with Crippen molar-refractivity contribution in [2.45, 2.75) is 116 Å². The van der Waals surface area contributed by atoms with Crippen LogP contribution in [-0.4, -0.2) is 91.2 Å². The number of nitrogens with one attached hydrogen (secondary N) is 2. The van der Waals surface area contributed by atoms with Crippen LogP contribution in [0.5, 0.6) is 0 Å². The van der Waals surface area contributed by atoms with Gasteiger partial charge in [0.05, 0.1) is 0 Å². The molecule has 4 rings (SSSR count). The Hall–Kier alpha value is -6.06. The highest BCUT2D eigenvalue weighted by atomic mass is 16.6. The summed E-state index contributed by atoms with van der Waals surface area (Å²) in [5.41, 5.74) is -3.07. The fourth-order valence-electron chi connectivity index (χ4n) is 6.59. The molecular formula is C50H60N2O12. The van der Waals surface area contributed by atoms with Gasteiger partial charge in [0.15, 0.2) is 35.3 Å². The van der Waals surface area contributed by atoms with Gasteiger partial charge in [0.25, 0.3) is 0 Å². The van der Waals surface area contributed by atoms with Gasteiger partial charge in [-0.2, -0.15) is 0 Å². The summed E-state index contributed by atoms with van der Waals surface area (Å²) in [7, 11) is 0. The van der Waals surface area contributed by atoms with Crippen LogP contribution in [0.25, 0.3) is 0 Å². The Balaban J connectivity index is 1.31. The smallest absolute Gasteiger partial charge is 0.408 e. The standard InChI is InChI=1S/C50H60N2O12/c1-47(2,59)41(53)35-21-13-31(14-22-35)39(32-15-23-36(24-16-32)42(54)48(3,4)60)63-45(57)51-29-11-9-10-12-30-52-46(58)64-40(33-17-25-37(26-18-33)43(55)49(5,6)61)34-19-27-38(28-20-34)44(56)50(7,8)62/h13-28,39-40,59-62H,9-12,29-30H2,1-8H3,(H,51,57)(H,52,58). The van der Waals surface area contributed by atoms with E-state index in [-0.39, 0.29) is 22.3 Å². The molecule has 0 atom stereocenters. The second kappa shape index (κ2) is 21.1. The number of unbranched alkanes of at least 4 members (excludes halogenated alkanes) is 3. The van der Waals surface area contributed by atoms with Gasteiger partial charge in [-0.1, -0.05) is 110 Å². The zero-order valence-corrected chi connectivity index (χ0v) is 37.7. The van der Waals surface area contributed by atoms with Crippen molar-refractivity contribution in [1.29, 1.82) is 0 Å². The van der Waals surface area contributed by atoms with Crippen molar-refractivity contribution in [1.82, 2.24) is 10.6 Å². The molecule has 0 saturated heterocycles. The summed E-state index contributed by atoms with van der Waals surface area (Å²) >= 11 is 0. The molecule has 64 heavy (non-hydrogen) atoms. The third-order valence-electron chi connectivity index (χ3n) is 10.2. The summed E-state index contributed by atoms with van der Waals surface area (Å²) in [6.45, 7) is 11.7. The number of hydrogen-bond acceptors (Lipinski definition) is 12. The number of rotatable bonds is 21. The maximum absolute atomic E-state index is 13.1. The highest BCUT2D eigenvalue weighted by Crippen LogP contribution is 2.30. The third kappa shape index (κ3) is 14.2. The van der Waals surface area contributed by atoms with Gasteiger partial charge in [0.2, 0.25) is 0 Å². The van der Waals surface area contributed by atoms with Crippen molar-refractivity contribution < 1.29 is 58.7 Å². The van der Waals surface area contributed by atoms with Gasteiger partial charge in [-0.3, -0.25) is 19.2 Å². The molecule has 0 radical (unpaired) electrons. The third-order valence-corrected chi connectivity index (χ3v) is 10.2. The molecule has 0 aromatic heterocycles. The number of hydrogen-bond donors (Lipinski definition) is 6.